The molecule has 0 aliphatic carbocycles. The van der Waals surface area contributed by atoms with Crippen molar-refractivity contribution in [3.05, 3.63) is 48.0 Å². The fourth-order valence-corrected chi connectivity index (χ4v) is 1.80. The van der Waals surface area contributed by atoms with Crippen LogP contribution in [0.15, 0.2) is 46.6 Å². The van der Waals surface area contributed by atoms with E-state index in [1.165, 1.54) is 5.57 Å². The summed E-state index contributed by atoms with van der Waals surface area (Å²) in [6.45, 7) is 2.08. The van der Waals surface area contributed by atoms with E-state index in [1.807, 2.05) is 30.3 Å². The maximum atomic E-state index is 5.82. The molecule has 0 aliphatic rings. The van der Waals surface area contributed by atoms with E-state index in [1.54, 1.807) is 12.4 Å². The van der Waals surface area contributed by atoms with Crippen LogP contribution >= 0.6 is 11.6 Å². The lowest BCUT2D eigenvalue weighted by Gasteiger charge is -1.97. The summed E-state index contributed by atoms with van der Waals surface area (Å²) < 4.78 is 5.73. The Kier molecular flexibility index (Phi) is 3.99. The van der Waals surface area contributed by atoms with Gasteiger partial charge >= 0.3 is 0 Å². The first-order chi connectivity index (χ1) is 8.33. The quantitative estimate of drug-likeness (QED) is 0.750. The molecule has 0 fully saturated rings. The minimum absolute atomic E-state index is 0.541. The molecule has 0 saturated heterocycles. The average molecular weight is 248 g/mol. The smallest absolute Gasteiger partial charge is 0.136 e. The molecule has 0 N–H and O–H groups in total. The number of pyridine rings is 1. The Balaban J connectivity index is 2.25. The second kappa shape index (κ2) is 5.69. The Labute approximate surface area is 106 Å². The van der Waals surface area contributed by atoms with Gasteiger partial charge in [-0.3, -0.25) is 4.98 Å². The molecule has 0 amide bonds. The van der Waals surface area contributed by atoms with E-state index in [0.29, 0.717) is 5.88 Å². The molecule has 2 aromatic rings. The summed E-state index contributed by atoms with van der Waals surface area (Å²) in [4.78, 5) is 4.07. The summed E-state index contributed by atoms with van der Waals surface area (Å²) in [5.41, 5.74) is 2.15. The summed E-state index contributed by atoms with van der Waals surface area (Å²) in [5, 5.41) is 0. The van der Waals surface area contributed by atoms with E-state index < -0.39 is 0 Å². The fourth-order valence-electron chi connectivity index (χ4n) is 1.53. The van der Waals surface area contributed by atoms with Crippen molar-refractivity contribution in [1.29, 1.82) is 0 Å². The van der Waals surface area contributed by atoms with Gasteiger partial charge in [-0.05, 0) is 36.8 Å². The predicted molar refractivity (Wildman–Crippen MR) is 70.9 cm³/mol. The fraction of sp³-hybridized carbons (Fsp3) is 0.214. The van der Waals surface area contributed by atoms with Crippen molar-refractivity contribution in [2.45, 2.75) is 13.3 Å². The molecule has 88 valence electrons. The third-order valence-corrected chi connectivity index (χ3v) is 2.89. The lowest BCUT2D eigenvalue weighted by atomic mass is 10.2. The van der Waals surface area contributed by atoms with Crippen molar-refractivity contribution >= 4 is 17.7 Å². The molecule has 0 spiro atoms. The van der Waals surface area contributed by atoms with Crippen LogP contribution in [0.1, 0.15) is 19.1 Å². The number of alkyl halides is 1. The molecule has 0 saturated carbocycles. The largest absolute Gasteiger partial charge is 0.457 e. The number of furan rings is 1. The topological polar surface area (TPSA) is 26.0 Å². The van der Waals surface area contributed by atoms with Crippen LogP contribution in [-0.4, -0.2) is 10.9 Å². The van der Waals surface area contributed by atoms with Gasteiger partial charge in [0.25, 0.3) is 0 Å². The van der Waals surface area contributed by atoms with Crippen LogP contribution < -0.4 is 0 Å². The first-order valence-electron chi connectivity index (χ1n) is 5.59. The van der Waals surface area contributed by atoms with Gasteiger partial charge in [-0.15, -0.1) is 11.6 Å². The van der Waals surface area contributed by atoms with Gasteiger partial charge in [0.15, 0.2) is 0 Å². The number of nitrogens with zero attached hydrogens (tertiary/aromatic N) is 1. The molecule has 0 aromatic carbocycles. The number of rotatable bonds is 4. The Morgan fingerprint density at radius 3 is 2.94 bits per heavy atom. The summed E-state index contributed by atoms with van der Waals surface area (Å²) in [5.74, 6) is 2.20. The Morgan fingerprint density at radius 1 is 1.41 bits per heavy atom. The van der Waals surface area contributed by atoms with Crippen LogP contribution in [-0.2, 0) is 0 Å². The van der Waals surface area contributed by atoms with Gasteiger partial charge in [0.2, 0.25) is 0 Å². The van der Waals surface area contributed by atoms with Crippen LogP contribution in [0.4, 0.5) is 0 Å². The van der Waals surface area contributed by atoms with Gasteiger partial charge in [-0.2, -0.15) is 0 Å². The monoisotopic (exact) mass is 247 g/mol. The van der Waals surface area contributed by atoms with Crippen molar-refractivity contribution in [3.63, 3.8) is 0 Å². The molecular formula is C14H14ClNO. The van der Waals surface area contributed by atoms with Gasteiger partial charge in [-0.25, -0.2) is 0 Å². The molecule has 2 aromatic heterocycles. The number of hydrogen-bond acceptors (Lipinski definition) is 2. The van der Waals surface area contributed by atoms with E-state index in [0.717, 1.165) is 23.5 Å². The Hall–Kier alpha value is -1.54. The molecule has 2 heterocycles. The zero-order valence-corrected chi connectivity index (χ0v) is 10.4. The van der Waals surface area contributed by atoms with Crippen LogP contribution in [0, 0.1) is 0 Å². The molecule has 17 heavy (non-hydrogen) atoms. The highest BCUT2D eigenvalue weighted by molar-refractivity contribution is 6.19. The number of halogens is 1. The second-order valence-corrected chi connectivity index (χ2v) is 4.00. The van der Waals surface area contributed by atoms with Gasteiger partial charge in [0.05, 0.1) is 0 Å². The lowest BCUT2D eigenvalue weighted by Crippen LogP contribution is -1.80. The van der Waals surface area contributed by atoms with Gasteiger partial charge in [0.1, 0.15) is 11.5 Å². The van der Waals surface area contributed by atoms with E-state index in [9.17, 15) is 0 Å². The highest BCUT2D eigenvalue weighted by Gasteiger charge is 2.03. The van der Waals surface area contributed by atoms with Gasteiger partial charge < -0.3 is 4.42 Å². The molecule has 3 heteroatoms. The number of allylic oxidation sites excluding steroid dienone is 1. The molecule has 0 atom stereocenters. The standard InChI is InChI=1S/C14H14ClNO/c1-2-11(9-15)8-13-5-6-14(17-13)12-4-3-7-16-10-12/h3-8,10H,2,9H2,1H3. The molecular weight excluding hydrogens is 234 g/mol. The van der Waals surface area contributed by atoms with Crippen LogP contribution in [0.25, 0.3) is 17.4 Å². The average Bonchev–Trinajstić information content (AvgIpc) is 2.85. The third-order valence-electron chi connectivity index (χ3n) is 2.54. The van der Waals surface area contributed by atoms with Crippen molar-refractivity contribution in [2.75, 3.05) is 5.88 Å². The van der Waals surface area contributed by atoms with Crippen LogP contribution in [0.2, 0.25) is 0 Å². The molecule has 2 rings (SSSR count). The molecule has 2 nitrogen and oxygen atoms in total. The van der Waals surface area contributed by atoms with Crippen molar-refractivity contribution < 1.29 is 4.42 Å². The summed E-state index contributed by atoms with van der Waals surface area (Å²) in [7, 11) is 0. The Bertz CT molecular complexity index is 496. The zero-order chi connectivity index (χ0) is 12.1. The van der Waals surface area contributed by atoms with Crippen molar-refractivity contribution in [3.8, 4) is 11.3 Å². The molecule has 0 aliphatic heterocycles. The predicted octanol–water partition coefficient (Wildman–Crippen LogP) is 4.37. The van der Waals surface area contributed by atoms with E-state index in [4.69, 9.17) is 16.0 Å². The van der Waals surface area contributed by atoms with Crippen LogP contribution in [0.3, 0.4) is 0 Å². The van der Waals surface area contributed by atoms with E-state index >= 15 is 0 Å². The van der Waals surface area contributed by atoms with Gasteiger partial charge in [0, 0.05) is 23.8 Å². The SMILES string of the molecule is CCC(=Cc1ccc(-c2cccnc2)o1)CCl. The summed E-state index contributed by atoms with van der Waals surface area (Å²) in [6.07, 6.45) is 6.46. The van der Waals surface area contributed by atoms with E-state index in [-0.39, 0.29) is 0 Å². The molecule has 0 unspecified atom stereocenters. The van der Waals surface area contributed by atoms with Crippen molar-refractivity contribution in [2.24, 2.45) is 0 Å². The molecule has 0 radical (unpaired) electrons. The first-order valence-corrected chi connectivity index (χ1v) is 6.12. The maximum absolute atomic E-state index is 5.82. The first kappa shape index (κ1) is 11.9. The minimum Gasteiger partial charge on any atom is -0.457 e. The highest BCUT2D eigenvalue weighted by Crippen LogP contribution is 2.22. The third kappa shape index (κ3) is 2.98. The zero-order valence-electron chi connectivity index (χ0n) is 9.69. The van der Waals surface area contributed by atoms with E-state index in [2.05, 4.69) is 11.9 Å². The van der Waals surface area contributed by atoms with Crippen LogP contribution in [0.5, 0.6) is 0 Å². The number of aromatic nitrogens is 1. The normalized spacial score (nSPS) is 11.8. The Morgan fingerprint density at radius 2 is 2.29 bits per heavy atom. The summed E-state index contributed by atoms with van der Waals surface area (Å²) >= 11 is 5.82. The summed E-state index contributed by atoms with van der Waals surface area (Å²) in [6, 6.07) is 7.76. The van der Waals surface area contributed by atoms with Gasteiger partial charge in [-0.1, -0.05) is 12.5 Å². The van der Waals surface area contributed by atoms with Crippen molar-refractivity contribution in [1.82, 2.24) is 4.98 Å². The lowest BCUT2D eigenvalue weighted by molar-refractivity contribution is 0.571. The number of hydrogen-bond donors (Lipinski definition) is 0. The molecule has 0 bridgehead atoms. The second-order valence-electron chi connectivity index (χ2n) is 3.73. The minimum atomic E-state index is 0.541. The highest BCUT2D eigenvalue weighted by atomic mass is 35.5. The maximum Gasteiger partial charge on any atom is 0.136 e.